The molecule has 0 aliphatic rings. The third-order valence-corrected chi connectivity index (χ3v) is 3.08. The van der Waals surface area contributed by atoms with Crippen LogP contribution < -0.4 is 0 Å². The molecule has 1 heterocycles. The van der Waals surface area contributed by atoms with Gasteiger partial charge in [-0.3, -0.25) is 4.79 Å². The highest BCUT2D eigenvalue weighted by molar-refractivity contribution is 6.02. The first-order chi connectivity index (χ1) is 9.56. The summed E-state index contributed by atoms with van der Waals surface area (Å²) in [5, 5.41) is 9.61. The first-order valence-corrected chi connectivity index (χ1v) is 6.51. The van der Waals surface area contributed by atoms with Gasteiger partial charge in [0.15, 0.2) is 5.78 Å². The van der Waals surface area contributed by atoms with Crippen LogP contribution in [-0.4, -0.2) is 35.1 Å². The number of H-pyrrole nitrogens is 1. The molecular formula is C15H17NO4. The molecule has 0 amide bonds. The fraction of sp³-hybridized carbons (Fsp3) is 0.333. The molecule has 0 spiro atoms. The zero-order chi connectivity index (χ0) is 14.7. The van der Waals surface area contributed by atoms with E-state index in [1.165, 1.54) is 0 Å². The maximum Gasteiger partial charge on any atom is 0.354 e. The smallest absolute Gasteiger partial charge is 0.354 e. The molecule has 0 radical (unpaired) electrons. The van der Waals surface area contributed by atoms with Gasteiger partial charge in [0, 0.05) is 22.9 Å². The summed E-state index contributed by atoms with van der Waals surface area (Å²) in [6, 6.07) is 5.15. The first-order valence-electron chi connectivity index (χ1n) is 6.51. The summed E-state index contributed by atoms with van der Waals surface area (Å²) in [4.78, 5) is 26.5. The number of nitrogens with one attached hydrogen (secondary N) is 1. The van der Waals surface area contributed by atoms with Crippen LogP contribution >= 0.6 is 0 Å². The lowest BCUT2D eigenvalue weighted by atomic mass is 10.0. The number of hydrogen-bond acceptors (Lipinski definition) is 4. The van der Waals surface area contributed by atoms with E-state index in [1.54, 1.807) is 25.1 Å². The summed E-state index contributed by atoms with van der Waals surface area (Å²) in [5.41, 5.74) is 2.60. The normalized spacial score (nSPS) is 10.8. The van der Waals surface area contributed by atoms with E-state index in [0.29, 0.717) is 17.9 Å². The lowest BCUT2D eigenvalue weighted by Gasteiger charge is -2.02. The number of fused-ring (bicyclic) bond motifs is 1. The third kappa shape index (κ3) is 2.72. The second-order valence-electron chi connectivity index (χ2n) is 4.56. The van der Waals surface area contributed by atoms with E-state index in [9.17, 15) is 9.59 Å². The Labute approximate surface area is 116 Å². The Morgan fingerprint density at radius 1 is 1.30 bits per heavy atom. The van der Waals surface area contributed by atoms with Crippen molar-refractivity contribution in [2.75, 3.05) is 13.2 Å². The number of aromatic amines is 1. The molecule has 2 rings (SSSR count). The number of aromatic nitrogens is 1. The number of ether oxygens (including phenoxy) is 1. The van der Waals surface area contributed by atoms with Crippen molar-refractivity contribution in [3.8, 4) is 0 Å². The monoisotopic (exact) mass is 275 g/mol. The largest absolute Gasteiger partial charge is 0.461 e. The highest BCUT2D eigenvalue weighted by atomic mass is 16.5. The summed E-state index contributed by atoms with van der Waals surface area (Å²) in [5.74, 6) is -0.525. The van der Waals surface area contributed by atoms with Crippen molar-refractivity contribution in [3.05, 3.63) is 35.0 Å². The zero-order valence-corrected chi connectivity index (χ0v) is 11.5. The zero-order valence-electron chi connectivity index (χ0n) is 11.5. The van der Waals surface area contributed by atoms with Gasteiger partial charge in [0.25, 0.3) is 0 Å². The number of aliphatic hydroxyl groups is 1. The Kier molecular flexibility index (Phi) is 4.20. The Hall–Kier alpha value is -2.14. The maximum atomic E-state index is 11.8. The fourth-order valence-electron chi connectivity index (χ4n) is 2.15. The van der Waals surface area contributed by atoms with E-state index in [-0.39, 0.29) is 18.8 Å². The Morgan fingerprint density at radius 2 is 2.05 bits per heavy atom. The summed E-state index contributed by atoms with van der Waals surface area (Å²) in [7, 11) is 0. The van der Waals surface area contributed by atoms with Crippen molar-refractivity contribution in [2.24, 2.45) is 0 Å². The van der Waals surface area contributed by atoms with Gasteiger partial charge in [0.2, 0.25) is 0 Å². The number of carbonyl (C=O) groups excluding carboxylic acids is 2. The van der Waals surface area contributed by atoms with Crippen molar-refractivity contribution in [1.82, 2.24) is 4.98 Å². The minimum absolute atomic E-state index is 0.0973. The molecule has 106 valence electrons. The van der Waals surface area contributed by atoms with E-state index < -0.39 is 5.97 Å². The molecular weight excluding hydrogens is 258 g/mol. The predicted molar refractivity (Wildman–Crippen MR) is 75.0 cm³/mol. The maximum absolute atomic E-state index is 11.8. The second kappa shape index (κ2) is 5.88. The van der Waals surface area contributed by atoms with Crippen LogP contribution in [0.5, 0.6) is 0 Å². The number of rotatable bonds is 5. The standard InChI is InChI=1S/C15H17NO4/c1-3-20-15(19)12-8-11-7-10(13(18)4-5-17)6-9(2)14(11)16-12/h6-8,16-17H,3-5H2,1-2H3. The van der Waals surface area contributed by atoms with Crippen LogP contribution in [0.25, 0.3) is 10.9 Å². The van der Waals surface area contributed by atoms with Crippen LogP contribution in [0, 0.1) is 6.92 Å². The average molecular weight is 275 g/mol. The quantitative estimate of drug-likeness (QED) is 0.647. The number of hydrogen-bond donors (Lipinski definition) is 2. The van der Waals surface area contributed by atoms with Gasteiger partial charge in [0.05, 0.1) is 13.2 Å². The molecule has 5 nitrogen and oxygen atoms in total. The number of aryl methyl sites for hydroxylation is 1. The summed E-state index contributed by atoms with van der Waals surface area (Å²) < 4.78 is 4.94. The van der Waals surface area contributed by atoms with Crippen LogP contribution in [0.3, 0.4) is 0 Å². The van der Waals surface area contributed by atoms with Crippen molar-refractivity contribution in [2.45, 2.75) is 20.3 Å². The SMILES string of the molecule is CCOC(=O)c1cc2cc(C(=O)CCO)cc(C)c2[nH]1. The fourth-order valence-corrected chi connectivity index (χ4v) is 2.15. The predicted octanol–water partition coefficient (Wildman–Crippen LogP) is 2.22. The highest BCUT2D eigenvalue weighted by Crippen LogP contribution is 2.22. The lowest BCUT2D eigenvalue weighted by Crippen LogP contribution is -2.04. The number of aliphatic hydroxyl groups excluding tert-OH is 1. The summed E-state index contributed by atoms with van der Waals surface area (Å²) in [6.45, 7) is 3.76. The highest BCUT2D eigenvalue weighted by Gasteiger charge is 2.14. The van der Waals surface area contributed by atoms with E-state index in [0.717, 1.165) is 16.5 Å². The molecule has 0 aliphatic carbocycles. The molecule has 0 saturated carbocycles. The van der Waals surface area contributed by atoms with E-state index >= 15 is 0 Å². The van der Waals surface area contributed by atoms with E-state index in [1.807, 2.05) is 6.92 Å². The first kappa shape index (κ1) is 14.3. The molecule has 1 aromatic heterocycles. The number of carbonyl (C=O) groups is 2. The number of esters is 1. The molecule has 0 unspecified atom stereocenters. The van der Waals surface area contributed by atoms with Crippen LogP contribution in [-0.2, 0) is 4.74 Å². The van der Waals surface area contributed by atoms with Gasteiger partial charge < -0.3 is 14.8 Å². The number of benzene rings is 1. The van der Waals surface area contributed by atoms with E-state index in [4.69, 9.17) is 9.84 Å². The molecule has 1 aromatic carbocycles. The van der Waals surface area contributed by atoms with Crippen LogP contribution in [0.4, 0.5) is 0 Å². The molecule has 0 bridgehead atoms. The molecule has 2 N–H and O–H groups in total. The topological polar surface area (TPSA) is 79.4 Å². The van der Waals surface area contributed by atoms with Gasteiger partial charge in [-0.05, 0) is 37.6 Å². The lowest BCUT2D eigenvalue weighted by molar-refractivity contribution is 0.0520. The molecule has 2 aromatic rings. The van der Waals surface area contributed by atoms with Crippen LogP contribution in [0.1, 0.15) is 39.8 Å². The number of ketones is 1. The average Bonchev–Trinajstić information content (AvgIpc) is 2.84. The second-order valence-corrected chi connectivity index (χ2v) is 4.56. The van der Waals surface area contributed by atoms with Crippen molar-refractivity contribution < 1.29 is 19.4 Å². The molecule has 0 aliphatic heterocycles. The minimum atomic E-state index is -0.411. The number of Topliss-reactive ketones (excluding diaryl/α,β-unsaturated/α-hetero) is 1. The molecule has 0 atom stereocenters. The molecule has 5 heteroatoms. The van der Waals surface area contributed by atoms with Gasteiger partial charge in [-0.1, -0.05) is 0 Å². The third-order valence-electron chi connectivity index (χ3n) is 3.08. The molecule has 0 saturated heterocycles. The van der Waals surface area contributed by atoms with Crippen LogP contribution in [0.2, 0.25) is 0 Å². The Balaban J connectivity index is 2.44. The van der Waals surface area contributed by atoms with E-state index in [2.05, 4.69) is 4.98 Å². The Morgan fingerprint density at radius 3 is 2.70 bits per heavy atom. The van der Waals surface area contributed by atoms with Crippen molar-refractivity contribution in [1.29, 1.82) is 0 Å². The van der Waals surface area contributed by atoms with Crippen molar-refractivity contribution >= 4 is 22.7 Å². The Bertz CT molecular complexity index is 657. The summed E-state index contributed by atoms with van der Waals surface area (Å²) >= 11 is 0. The van der Waals surface area contributed by atoms with Crippen LogP contribution in [0.15, 0.2) is 18.2 Å². The van der Waals surface area contributed by atoms with Gasteiger partial charge in [-0.2, -0.15) is 0 Å². The molecule has 0 fully saturated rings. The van der Waals surface area contributed by atoms with Crippen molar-refractivity contribution in [3.63, 3.8) is 0 Å². The molecule has 20 heavy (non-hydrogen) atoms. The minimum Gasteiger partial charge on any atom is -0.461 e. The van der Waals surface area contributed by atoms with Gasteiger partial charge in [0.1, 0.15) is 5.69 Å². The van der Waals surface area contributed by atoms with Gasteiger partial charge in [-0.15, -0.1) is 0 Å². The summed E-state index contributed by atoms with van der Waals surface area (Å²) in [6.07, 6.45) is 0.0973. The van der Waals surface area contributed by atoms with Gasteiger partial charge >= 0.3 is 5.97 Å². The van der Waals surface area contributed by atoms with Gasteiger partial charge in [-0.25, -0.2) is 4.79 Å².